The highest BCUT2D eigenvalue weighted by Gasteiger charge is 2.31. The van der Waals surface area contributed by atoms with Crippen molar-refractivity contribution >= 4 is 11.9 Å². The lowest BCUT2D eigenvalue weighted by atomic mass is 10.3. The van der Waals surface area contributed by atoms with Gasteiger partial charge in [0.25, 0.3) is 0 Å². The topological polar surface area (TPSA) is 61.9 Å². The number of amides is 3. The molecule has 0 spiro atoms. The average molecular weight is 170 g/mol. The van der Waals surface area contributed by atoms with Gasteiger partial charge in [0.2, 0.25) is 5.91 Å². The zero-order valence-electron chi connectivity index (χ0n) is 6.58. The van der Waals surface area contributed by atoms with Crippen molar-refractivity contribution in [2.75, 3.05) is 19.7 Å². The summed E-state index contributed by atoms with van der Waals surface area (Å²) in [5.74, 6) is -0.138. The lowest BCUT2D eigenvalue weighted by Crippen LogP contribution is -2.32. The number of nitrogens with one attached hydrogen (secondary N) is 1. The smallest absolute Gasteiger partial charge is 0.324 e. The van der Waals surface area contributed by atoms with E-state index in [9.17, 15) is 9.59 Å². The molecule has 0 saturated carbocycles. The number of rotatable bonds is 3. The van der Waals surface area contributed by atoms with Crippen LogP contribution in [0.4, 0.5) is 4.79 Å². The van der Waals surface area contributed by atoms with E-state index in [2.05, 4.69) is 5.32 Å². The van der Waals surface area contributed by atoms with E-state index in [1.807, 2.05) is 0 Å². The van der Waals surface area contributed by atoms with Gasteiger partial charge in [-0.2, -0.15) is 0 Å². The first kappa shape index (κ1) is 7.54. The second-order valence-electron chi connectivity index (χ2n) is 2.95. The first-order valence-corrected chi connectivity index (χ1v) is 3.97. The Labute approximate surface area is 69.7 Å². The SMILES string of the molecule is O=C1CNC(=O)N1CCC1CO1. The van der Waals surface area contributed by atoms with Gasteiger partial charge in [0.15, 0.2) is 0 Å². The van der Waals surface area contributed by atoms with Crippen LogP contribution in [-0.4, -0.2) is 42.6 Å². The molecule has 2 aliphatic heterocycles. The van der Waals surface area contributed by atoms with Gasteiger partial charge in [-0.1, -0.05) is 0 Å². The van der Waals surface area contributed by atoms with Crippen LogP contribution in [0.3, 0.4) is 0 Å². The van der Waals surface area contributed by atoms with Crippen LogP contribution in [0, 0.1) is 0 Å². The Balaban J connectivity index is 1.83. The average Bonchev–Trinajstić information content (AvgIpc) is 2.80. The van der Waals surface area contributed by atoms with Gasteiger partial charge in [0, 0.05) is 6.54 Å². The molecule has 0 aliphatic carbocycles. The zero-order valence-corrected chi connectivity index (χ0v) is 6.58. The molecule has 66 valence electrons. The molecule has 3 amide bonds. The molecular weight excluding hydrogens is 160 g/mol. The largest absolute Gasteiger partial charge is 0.373 e. The summed E-state index contributed by atoms with van der Waals surface area (Å²) >= 11 is 0. The number of urea groups is 1. The van der Waals surface area contributed by atoms with Crippen molar-refractivity contribution in [3.05, 3.63) is 0 Å². The maximum absolute atomic E-state index is 11.0. The quantitative estimate of drug-likeness (QED) is 0.451. The first-order chi connectivity index (χ1) is 5.77. The van der Waals surface area contributed by atoms with Gasteiger partial charge in [-0.3, -0.25) is 9.69 Å². The minimum Gasteiger partial charge on any atom is -0.373 e. The molecule has 12 heavy (non-hydrogen) atoms. The molecule has 2 saturated heterocycles. The third-order valence-corrected chi connectivity index (χ3v) is 2.01. The zero-order chi connectivity index (χ0) is 8.55. The maximum Gasteiger partial charge on any atom is 0.324 e. The van der Waals surface area contributed by atoms with Crippen LogP contribution in [0.15, 0.2) is 0 Å². The fourth-order valence-electron chi connectivity index (χ4n) is 1.19. The lowest BCUT2D eigenvalue weighted by molar-refractivity contribution is -0.125. The number of hydrogen-bond donors (Lipinski definition) is 1. The van der Waals surface area contributed by atoms with Crippen molar-refractivity contribution in [1.29, 1.82) is 0 Å². The predicted octanol–water partition coefficient (Wildman–Crippen LogP) is -0.673. The third-order valence-electron chi connectivity index (χ3n) is 2.01. The Kier molecular flexibility index (Phi) is 1.73. The highest BCUT2D eigenvalue weighted by atomic mass is 16.6. The summed E-state index contributed by atoms with van der Waals surface area (Å²) in [6, 6.07) is -0.277. The Morgan fingerprint density at radius 1 is 1.58 bits per heavy atom. The van der Waals surface area contributed by atoms with Crippen molar-refractivity contribution in [2.24, 2.45) is 0 Å². The summed E-state index contributed by atoms with van der Waals surface area (Å²) in [6.45, 7) is 1.39. The molecule has 1 N–H and O–H groups in total. The molecule has 0 bridgehead atoms. The monoisotopic (exact) mass is 170 g/mol. The summed E-state index contributed by atoms with van der Waals surface area (Å²) in [5, 5.41) is 2.46. The molecule has 5 nitrogen and oxygen atoms in total. The summed E-state index contributed by atoms with van der Waals surface area (Å²) in [4.78, 5) is 23.2. The number of nitrogens with zero attached hydrogens (tertiary/aromatic N) is 1. The molecule has 1 atom stereocenters. The maximum atomic E-state index is 11.0. The number of carbonyl (C=O) groups excluding carboxylic acids is 2. The Bertz CT molecular complexity index is 209. The molecule has 2 aliphatic rings. The van der Waals surface area contributed by atoms with E-state index in [0.29, 0.717) is 6.54 Å². The lowest BCUT2D eigenvalue weighted by Gasteiger charge is -2.09. The van der Waals surface area contributed by atoms with E-state index in [1.165, 1.54) is 4.90 Å². The van der Waals surface area contributed by atoms with Crippen molar-refractivity contribution in [3.63, 3.8) is 0 Å². The van der Waals surface area contributed by atoms with E-state index in [-0.39, 0.29) is 24.6 Å². The van der Waals surface area contributed by atoms with Crippen LogP contribution in [0.25, 0.3) is 0 Å². The van der Waals surface area contributed by atoms with Crippen molar-refractivity contribution in [1.82, 2.24) is 10.2 Å². The standard InChI is InChI=1S/C7H10N2O3/c10-6-3-8-7(11)9(6)2-1-5-4-12-5/h5H,1-4H2,(H,8,11). The van der Waals surface area contributed by atoms with Gasteiger partial charge in [0.1, 0.15) is 0 Å². The van der Waals surface area contributed by atoms with Crippen LogP contribution in [0.5, 0.6) is 0 Å². The minimum absolute atomic E-state index is 0.138. The highest BCUT2D eigenvalue weighted by molar-refractivity contribution is 6.01. The van der Waals surface area contributed by atoms with Gasteiger partial charge < -0.3 is 10.1 Å². The summed E-state index contributed by atoms with van der Waals surface area (Å²) in [7, 11) is 0. The Morgan fingerprint density at radius 2 is 2.33 bits per heavy atom. The van der Waals surface area contributed by atoms with Gasteiger partial charge >= 0.3 is 6.03 Å². The second kappa shape index (κ2) is 2.75. The van der Waals surface area contributed by atoms with Crippen LogP contribution < -0.4 is 5.32 Å². The minimum atomic E-state index is -0.277. The second-order valence-corrected chi connectivity index (χ2v) is 2.95. The molecule has 0 radical (unpaired) electrons. The summed E-state index contributed by atoms with van der Waals surface area (Å²) in [6.07, 6.45) is 1.03. The normalized spacial score (nSPS) is 27.7. The molecule has 2 fully saturated rings. The number of imide groups is 1. The van der Waals surface area contributed by atoms with Crippen LogP contribution in [0.1, 0.15) is 6.42 Å². The van der Waals surface area contributed by atoms with Gasteiger partial charge in [0.05, 0.1) is 19.3 Å². The van der Waals surface area contributed by atoms with Crippen LogP contribution in [0.2, 0.25) is 0 Å². The first-order valence-electron chi connectivity index (χ1n) is 3.97. The van der Waals surface area contributed by atoms with Crippen LogP contribution >= 0.6 is 0 Å². The number of epoxide rings is 1. The van der Waals surface area contributed by atoms with Crippen molar-refractivity contribution in [3.8, 4) is 0 Å². The molecule has 0 aromatic heterocycles. The number of ether oxygens (including phenoxy) is 1. The van der Waals surface area contributed by atoms with Gasteiger partial charge in [-0.05, 0) is 6.42 Å². The number of carbonyl (C=O) groups is 2. The van der Waals surface area contributed by atoms with Crippen LogP contribution in [-0.2, 0) is 9.53 Å². The van der Waals surface area contributed by atoms with Gasteiger partial charge in [-0.15, -0.1) is 0 Å². The fourth-order valence-corrected chi connectivity index (χ4v) is 1.19. The molecule has 2 heterocycles. The van der Waals surface area contributed by atoms with Crippen molar-refractivity contribution < 1.29 is 14.3 Å². The fraction of sp³-hybridized carbons (Fsp3) is 0.714. The summed E-state index contributed by atoms with van der Waals surface area (Å²) < 4.78 is 4.97. The molecule has 5 heteroatoms. The third kappa shape index (κ3) is 1.40. The molecule has 0 aromatic carbocycles. The van der Waals surface area contributed by atoms with E-state index >= 15 is 0 Å². The van der Waals surface area contributed by atoms with E-state index in [4.69, 9.17) is 4.74 Å². The Hall–Kier alpha value is -1.10. The van der Waals surface area contributed by atoms with E-state index < -0.39 is 0 Å². The molecular formula is C7H10N2O3. The van der Waals surface area contributed by atoms with E-state index in [0.717, 1.165) is 13.0 Å². The predicted molar refractivity (Wildman–Crippen MR) is 39.5 cm³/mol. The number of hydrogen-bond acceptors (Lipinski definition) is 3. The molecule has 1 unspecified atom stereocenters. The Morgan fingerprint density at radius 3 is 2.83 bits per heavy atom. The summed E-state index contributed by atoms with van der Waals surface area (Å²) in [5.41, 5.74) is 0. The molecule has 0 aromatic rings. The molecule has 2 rings (SSSR count). The van der Waals surface area contributed by atoms with E-state index in [1.54, 1.807) is 0 Å². The van der Waals surface area contributed by atoms with Gasteiger partial charge in [-0.25, -0.2) is 4.79 Å². The highest BCUT2D eigenvalue weighted by Crippen LogP contribution is 2.14. The van der Waals surface area contributed by atoms with Crippen molar-refractivity contribution in [2.45, 2.75) is 12.5 Å².